The summed E-state index contributed by atoms with van der Waals surface area (Å²) in [4.78, 5) is 22.0. The molecule has 1 atom stereocenters. The van der Waals surface area contributed by atoms with Crippen molar-refractivity contribution in [2.45, 2.75) is 25.3 Å². The number of hydrogen-bond acceptors (Lipinski definition) is 6. The van der Waals surface area contributed by atoms with E-state index in [1.807, 2.05) is 13.1 Å². The van der Waals surface area contributed by atoms with Crippen LogP contribution < -0.4 is 10.2 Å². The number of ether oxygens (including phenoxy) is 1. The Hall–Kier alpha value is -1.69. The second-order valence-electron chi connectivity index (χ2n) is 4.63. The fourth-order valence-corrected chi connectivity index (χ4v) is 2.45. The molecule has 1 unspecified atom stereocenters. The topological polar surface area (TPSA) is 67.4 Å². The van der Waals surface area contributed by atoms with E-state index in [0.717, 1.165) is 31.7 Å². The number of esters is 1. The van der Waals surface area contributed by atoms with Crippen LogP contribution in [0.3, 0.4) is 0 Å². The smallest absolute Gasteiger partial charge is 0.376 e. The van der Waals surface area contributed by atoms with Crippen LogP contribution in [0.4, 0.5) is 5.82 Å². The predicted octanol–water partition coefficient (Wildman–Crippen LogP) is 0.841. The lowest BCUT2D eigenvalue weighted by molar-refractivity contribution is 0.0586. The van der Waals surface area contributed by atoms with Crippen molar-refractivity contribution in [3.8, 4) is 0 Å². The molecule has 19 heavy (non-hydrogen) atoms. The Bertz CT molecular complexity index is 436. The molecular formula is C13H20N4O2. The van der Waals surface area contributed by atoms with Gasteiger partial charge >= 0.3 is 5.97 Å². The van der Waals surface area contributed by atoms with Crippen LogP contribution in [-0.2, 0) is 4.74 Å². The molecule has 6 nitrogen and oxygen atoms in total. The average Bonchev–Trinajstić information content (AvgIpc) is 2.47. The number of nitrogens with one attached hydrogen (secondary N) is 1. The third-order valence-electron chi connectivity index (χ3n) is 3.37. The van der Waals surface area contributed by atoms with Crippen LogP contribution in [0.15, 0.2) is 12.3 Å². The highest BCUT2D eigenvalue weighted by molar-refractivity contribution is 5.85. The van der Waals surface area contributed by atoms with E-state index in [-0.39, 0.29) is 5.82 Å². The molecule has 0 spiro atoms. The van der Waals surface area contributed by atoms with Gasteiger partial charge < -0.3 is 15.0 Å². The standard InChI is InChI=1S/C13H20N4O2/c1-14-9-10-5-3-4-8-17(10)11-6-7-15-12(16-11)13(18)19-2/h6-7,10,14H,3-5,8-9H2,1-2H3. The Morgan fingerprint density at radius 1 is 1.58 bits per heavy atom. The molecule has 1 saturated heterocycles. The highest BCUT2D eigenvalue weighted by Crippen LogP contribution is 2.22. The summed E-state index contributed by atoms with van der Waals surface area (Å²) in [6.45, 7) is 1.88. The lowest BCUT2D eigenvalue weighted by Gasteiger charge is -2.36. The zero-order valence-electron chi connectivity index (χ0n) is 11.4. The highest BCUT2D eigenvalue weighted by Gasteiger charge is 2.23. The van der Waals surface area contributed by atoms with Crippen molar-refractivity contribution < 1.29 is 9.53 Å². The van der Waals surface area contributed by atoms with Crippen molar-refractivity contribution in [2.75, 3.05) is 32.1 Å². The molecule has 104 valence electrons. The van der Waals surface area contributed by atoms with E-state index in [1.54, 1.807) is 6.20 Å². The Morgan fingerprint density at radius 3 is 3.16 bits per heavy atom. The number of rotatable bonds is 4. The summed E-state index contributed by atoms with van der Waals surface area (Å²) >= 11 is 0. The van der Waals surface area contributed by atoms with Gasteiger partial charge in [-0.1, -0.05) is 0 Å². The number of nitrogens with zero attached hydrogens (tertiary/aromatic N) is 3. The number of hydrogen-bond donors (Lipinski definition) is 1. The van der Waals surface area contributed by atoms with Crippen LogP contribution in [-0.4, -0.2) is 49.2 Å². The third-order valence-corrected chi connectivity index (χ3v) is 3.37. The minimum absolute atomic E-state index is 0.119. The summed E-state index contributed by atoms with van der Waals surface area (Å²) in [6.07, 6.45) is 5.13. The van der Waals surface area contributed by atoms with Crippen molar-refractivity contribution in [3.63, 3.8) is 0 Å². The number of likely N-dealkylation sites (N-methyl/N-ethyl adjacent to an activating group) is 1. The Labute approximate surface area is 113 Å². The van der Waals surface area contributed by atoms with Gasteiger partial charge in [0.05, 0.1) is 7.11 Å². The first kappa shape index (κ1) is 13.7. The molecule has 0 amide bonds. The molecule has 1 fully saturated rings. The monoisotopic (exact) mass is 264 g/mol. The number of anilines is 1. The summed E-state index contributed by atoms with van der Waals surface area (Å²) in [6, 6.07) is 2.26. The highest BCUT2D eigenvalue weighted by atomic mass is 16.5. The second-order valence-corrected chi connectivity index (χ2v) is 4.63. The van der Waals surface area contributed by atoms with E-state index in [2.05, 4.69) is 24.9 Å². The van der Waals surface area contributed by atoms with Crippen LogP contribution in [0.1, 0.15) is 29.9 Å². The number of carbonyl (C=O) groups excluding carboxylic acids is 1. The van der Waals surface area contributed by atoms with Crippen LogP contribution in [0.2, 0.25) is 0 Å². The van der Waals surface area contributed by atoms with Gasteiger partial charge in [0.15, 0.2) is 0 Å². The molecule has 0 radical (unpaired) electrons. The largest absolute Gasteiger partial charge is 0.463 e. The molecule has 0 saturated carbocycles. The molecule has 1 aliphatic rings. The Balaban J connectivity index is 2.21. The van der Waals surface area contributed by atoms with Crippen LogP contribution in [0, 0.1) is 0 Å². The second kappa shape index (κ2) is 6.47. The van der Waals surface area contributed by atoms with Gasteiger partial charge in [0.1, 0.15) is 5.82 Å². The van der Waals surface area contributed by atoms with Crippen molar-refractivity contribution in [2.24, 2.45) is 0 Å². The number of piperidine rings is 1. The maximum atomic E-state index is 11.5. The SMILES string of the molecule is CNCC1CCCCN1c1ccnc(C(=O)OC)n1. The van der Waals surface area contributed by atoms with Gasteiger partial charge in [0.25, 0.3) is 0 Å². The van der Waals surface area contributed by atoms with Gasteiger partial charge in [-0.15, -0.1) is 0 Å². The van der Waals surface area contributed by atoms with Gasteiger partial charge in [-0.05, 0) is 32.4 Å². The van der Waals surface area contributed by atoms with Gasteiger partial charge in [-0.3, -0.25) is 0 Å². The molecule has 2 heterocycles. The number of carbonyl (C=O) groups is 1. The molecule has 0 aromatic carbocycles. The van der Waals surface area contributed by atoms with E-state index in [9.17, 15) is 4.79 Å². The molecule has 1 aliphatic heterocycles. The minimum Gasteiger partial charge on any atom is -0.463 e. The van der Waals surface area contributed by atoms with E-state index in [4.69, 9.17) is 0 Å². The van der Waals surface area contributed by atoms with Gasteiger partial charge in [-0.2, -0.15) is 0 Å². The average molecular weight is 264 g/mol. The molecule has 0 bridgehead atoms. The third kappa shape index (κ3) is 3.20. The Morgan fingerprint density at radius 2 is 2.42 bits per heavy atom. The van der Waals surface area contributed by atoms with Gasteiger partial charge in [0, 0.05) is 25.3 Å². The minimum atomic E-state index is -0.496. The maximum Gasteiger partial charge on any atom is 0.376 e. The first-order valence-corrected chi connectivity index (χ1v) is 6.59. The first-order valence-electron chi connectivity index (χ1n) is 6.59. The van der Waals surface area contributed by atoms with Crippen molar-refractivity contribution in [1.82, 2.24) is 15.3 Å². The lowest BCUT2D eigenvalue weighted by atomic mass is 10.0. The van der Waals surface area contributed by atoms with E-state index in [0.29, 0.717) is 6.04 Å². The quantitative estimate of drug-likeness (QED) is 0.813. The normalized spacial score (nSPS) is 19.3. The Kier molecular flexibility index (Phi) is 4.68. The van der Waals surface area contributed by atoms with E-state index in [1.165, 1.54) is 13.5 Å². The molecule has 1 N–H and O–H groups in total. The van der Waals surface area contributed by atoms with Gasteiger partial charge in [0.2, 0.25) is 5.82 Å². The molecular weight excluding hydrogens is 244 g/mol. The predicted molar refractivity (Wildman–Crippen MR) is 72.3 cm³/mol. The van der Waals surface area contributed by atoms with E-state index < -0.39 is 5.97 Å². The number of methoxy groups -OCH3 is 1. The van der Waals surface area contributed by atoms with Crippen LogP contribution in [0.5, 0.6) is 0 Å². The molecule has 0 aliphatic carbocycles. The van der Waals surface area contributed by atoms with Gasteiger partial charge in [-0.25, -0.2) is 14.8 Å². The van der Waals surface area contributed by atoms with Crippen molar-refractivity contribution in [1.29, 1.82) is 0 Å². The van der Waals surface area contributed by atoms with Crippen molar-refractivity contribution in [3.05, 3.63) is 18.1 Å². The van der Waals surface area contributed by atoms with Crippen LogP contribution >= 0.6 is 0 Å². The summed E-state index contributed by atoms with van der Waals surface area (Å²) in [7, 11) is 3.29. The number of aromatic nitrogens is 2. The maximum absolute atomic E-state index is 11.5. The first-order chi connectivity index (χ1) is 9.26. The van der Waals surface area contributed by atoms with Crippen LogP contribution in [0.25, 0.3) is 0 Å². The van der Waals surface area contributed by atoms with Crippen molar-refractivity contribution >= 4 is 11.8 Å². The summed E-state index contributed by atoms with van der Waals surface area (Å²) < 4.78 is 4.66. The summed E-state index contributed by atoms with van der Waals surface area (Å²) in [5.41, 5.74) is 0. The fourth-order valence-electron chi connectivity index (χ4n) is 2.45. The zero-order chi connectivity index (χ0) is 13.7. The molecule has 6 heteroatoms. The summed E-state index contributed by atoms with van der Waals surface area (Å²) in [5.74, 6) is 0.424. The zero-order valence-corrected chi connectivity index (χ0v) is 11.4. The molecule has 2 rings (SSSR count). The fraction of sp³-hybridized carbons (Fsp3) is 0.615. The summed E-state index contributed by atoms with van der Waals surface area (Å²) in [5, 5.41) is 3.21. The van der Waals surface area contributed by atoms with E-state index >= 15 is 0 Å². The molecule has 1 aromatic rings. The molecule has 1 aromatic heterocycles. The lowest BCUT2D eigenvalue weighted by Crippen LogP contribution is -2.45.